The van der Waals surface area contributed by atoms with Gasteiger partial charge in [0.15, 0.2) is 11.3 Å². The fourth-order valence-corrected chi connectivity index (χ4v) is 3.36. The second kappa shape index (κ2) is 4.81. The molecule has 0 fully saturated rings. The lowest BCUT2D eigenvalue weighted by Gasteiger charge is -2.07. The molecule has 0 atom stereocenters. The molecular formula is C16H13N7S. The maximum Gasteiger partial charge on any atom is 0.203 e. The lowest BCUT2D eigenvalue weighted by Crippen LogP contribution is -2.03. The zero-order valence-corrected chi connectivity index (χ0v) is 13.7. The van der Waals surface area contributed by atoms with Crippen molar-refractivity contribution in [3.05, 3.63) is 40.8 Å². The lowest BCUT2D eigenvalue weighted by molar-refractivity contribution is 0.771. The standard InChI is InChI=1S/C16H13N7S/c1-9-11-15(23(21-9)10-5-3-2-4-6-10)19-13-12(18-11)14-17-7-8-22(14)16(24)20-13/h2-6,17H,7-8H2,1H3. The molecule has 1 aliphatic heterocycles. The maximum absolute atomic E-state index is 5.38. The van der Waals surface area contributed by atoms with E-state index in [2.05, 4.69) is 15.4 Å². The summed E-state index contributed by atoms with van der Waals surface area (Å²) in [4.78, 5) is 14.0. The van der Waals surface area contributed by atoms with E-state index in [0.717, 1.165) is 41.3 Å². The average molecular weight is 335 g/mol. The zero-order chi connectivity index (χ0) is 16.3. The van der Waals surface area contributed by atoms with Crippen molar-refractivity contribution >= 4 is 40.4 Å². The molecule has 7 nitrogen and oxygen atoms in total. The Balaban J connectivity index is 1.89. The minimum Gasteiger partial charge on any atom is -0.368 e. The van der Waals surface area contributed by atoms with Crippen LogP contribution in [0.1, 0.15) is 5.69 Å². The minimum absolute atomic E-state index is 0.527. The van der Waals surface area contributed by atoms with Crippen LogP contribution in [0.25, 0.3) is 28.0 Å². The van der Waals surface area contributed by atoms with Gasteiger partial charge in [-0.25, -0.2) is 14.6 Å². The molecule has 3 aromatic heterocycles. The Morgan fingerprint density at radius 2 is 1.92 bits per heavy atom. The molecule has 0 saturated heterocycles. The molecule has 24 heavy (non-hydrogen) atoms. The molecule has 0 radical (unpaired) electrons. The van der Waals surface area contributed by atoms with E-state index in [0.29, 0.717) is 16.1 Å². The molecule has 0 aliphatic carbocycles. The van der Waals surface area contributed by atoms with Crippen LogP contribution in [-0.4, -0.2) is 35.8 Å². The second-order valence-electron chi connectivity index (χ2n) is 5.72. The third kappa shape index (κ3) is 1.80. The van der Waals surface area contributed by atoms with Crippen molar-refractivity contribution in [2.75, 3.05) is 11.9 Å². The SMILES string of the molecule is Cc1nn(-c2ccccc2)c2nc3nc(=S)n4c(c3nc12)NCC4. The number of hydrogen-bond donors (Lipinski definition) is 1. The summed E-state index contributed by atoms with van der Waals surface area (Å²) in [7, 11) is 0. The van der Waals surface area contributed by atoms with Crippen molar-refractivity contribution in [2.24, 2.45) is 0 Å². The number of benzene rings is 1. The third-order valence-corrected chi connectivity index (χ3v) is 4.52. The quantitative estimate of drug-likeness (QED) is 0.539. The van der Waals surface area contributed by atoms with Gasteiger partial charge in [-0.15, -0.1) is 0 Å². The summed E-state index contributed by atoms with van der Waals surface area (Å²) in [6, 6.07) is 9.90. The lowest BCUT2D eigenvalue weighted by atomic mass is 10.3. The normalized spacial score (nSPS) is 13.4. The zero-order valence-electron chi connectivity index (χ0n) is 12.9. The Morgan fingerprint density at radius 3 is 2.75 bits per heavy atom. The minimum atomic E-state index is 0.527. The van der Waals surface area contributed by atoms with Crippen LogP contribution in [0.15, 0.2) is 30.3 Å². The molecule has 0 saturated carbocycles. The van der Waals surface area contributed by atoms with Crippen LogP contribution < -0.4 is 5.32 Å². The fourth-order valence-electron chi connectivity index (χ4n) is 3.09. The fraction of sp³-hybridized carbons (Fsp3) is 0.188. The maximum atomic E-state index is 5.38. The Hall–Kier alpha value is -2.87. The summed E-state index contributed by atoms with van der Waals surface area (Å²) >= 11 is 5.38. The van der Waals surface area contributed by atoms with E-state index in [1.165, 1.54) is 0 Å². The molecule has 4 heterocycles. The summed E-state index contributed by atoms with van der Waals surface area (Å²) < 4.78 is 4.30. The van der Waals surface area contributed by atoms with Gasteiger partial charge in [-0.3, -0.25) is 4.57 Å². The number of hydrogen-bond acceptors (Lipinski definition) is 6. The van der Waals surface area contributed by atoms with Crippen LogP contribution in [0.2, 0.25) is 0 Å². The van der Waals surface area contributed by atoms with Gasteiger partial charge in [-0.05, 0) is 31.3 Å². The molecule has 1 N–H and O–H groups in total. The van der Waals surface area contributed by atoms with Gasteiger partial charge in [0, 0.05) is 13.1 Å². The van der Waals surface area contributed by atoms with E-state index in [1.807, 2.05) is 41.8 Å². The molecule has 0 amide bonds. The van der Waals surface area contributed by atoms with Gasteiger partial charge in [0.05, 0.1) is 11.4 Å². The van der Waals surface area contributed by atoms with Crippen LogP contribution in [0.4, 0.5) is 5.82 Å². The molecular weight excluding hydrogens is 322 g/mol. The Labute approximate surface area is 142 Å². The van der Waals surface area contributed by atoms with E-state index in [4.69, 9.17) is 22.2 Å². The molecule has 0 spiro atoms. The van der Waals surface area contributed by atoms with Crippen molar-refractivity contribution < 1.29 is 0 Å². The third-order valence-electron chi connectivity index (χ3n) is 4.21. The topological polar surface area (TPSA) is 73.5 Å². The van der Waals surface area contributed by atoms with Crippen LogP contribution in [-0.2, 0) is 6.54 Å². The van der Waals surface area contributed by atoms with E-state index in [9.17, 15) is 0 Å². The number of aryl methyl sites for hydroxylation is 1. The highest BCUT2D eigenvalue weighted by atomic mass is 32.1. The highest BCUT2D eigenvalue weighted by Crippen LogP contribution is 2.27. The molecule has 4 aromatic rings. The van der Waals surface area contributed by atoms with Gasteiger partial charge < -0.3 is 5.32 Å². The van der Waals surface area contributed by atoms with E-state index in [1.54, 1.807) is 4.68 Å². The Bertz CT molecular complexity index is 1160. The van der Waals surface area contributed by atoms with E-state index >= 15 is 0 Å². The average Bonchev–Trinajstić information content (AvgIpc) is 3.20. The van der Waals surface area contributed by atoms with Crippen LogP contribution in [0, 0.1) is 11.7 Å². The van der Waals surface area contributed by atoms with Crippen molar-refractivity contribution in [3.8, 4) is 5.69 Å². The highest BCUT2D eigenvalue weighted by molar-refractivity contribution is 7.71. The van der Waals surface area contributed by atoms with Gasteiger partial charge in [0.2, 0.25) is 4.77 Å². The second-order valence-corrected chi connectivity index (χ2v) is 6.09. The Kier molecular flexibility index (Phi) is 2.72. The number of aromatic nitrogens is 6. The van der Waals surface area contributed by atoms with Crippen LogP contribution in [0.5, 0.6) is 0 Å². The van der Waals surface area contributed by atoms with Crippen molar-refractivity contribution in [1.29, 1.82) is 0 Å². The molecule has 1 aromatic carbocycles. The summed E-state index contributed by atoms with van der Waals surface area (Å²) in [6.07, 6.45) is 0. The van der Waals surface area contributed by atoms with Crippen molar-refractivity contribution in [3.63, 3.8) is 0 Å². The van der Waals surface area contributed by atoms with Crippen molar-refractivity contribution in [1.82, 2.24) is 29.3 Å². The summed E-state index contributed by atoms with van der Waals surface area (Å²) in [5.41, 5.74) is 4.53. The van der Waals surface area contributed by atoms with Gasteiger partial charge in [-0.2, -0.15) is 10.1 Å². The molecule has 1 aliphatic rings. The first-order valence-electron chi connectivity index (χ1n) is 7.69. The first kappa shape index (κ1) is 13.6. The predicted octanol–water partition coefficient (Wildman–Crippen LogP) is 2.63. The predicted molar refractivity (Wildman–Crippen MR) is 94.0 cm³/mol. The van der Waals surface area contributed by atoms with Crippen LogP contribution in [0.3, 0.4) is 0 Å². The number of anilines is 1. The molecule has 0 unspecified atom stereocenters. The van der Waals surface area contributed by atoms with Crippen molar-refractivity contribution in [2.45, 2.75) is 13.5 Å². The largest absolute Gasteiger partial charge is 0.368 e. The molecule has 5 rings (SSSR count). The number of fused-ring (bicyclic) bond motifs is 4. The smallest absolute Gasteiger partial charge is 0.203 e. The van der Waals surface area contributed by atoms with Gasteiger partial charge >= 0.3 is 0 Å². The number of para-hydroxylation sites is 1. The van der Waals surface area contributed by atoms with Crippen LogP contribution >= 0.6 is 12.2 Å². The first-order chi connectivity index (χ1) is 11.7. The number of rotatable bonds is 1. The molecule has 118 valence electrons. The molecule has 0 bridgehead atoms. The van der Waals surface area contributed by atoms with Gasteiger partial charge in [0.1, 0.15) is 16.9 Å². The monoisotopic (exact) mass is 335 g/mol. The summed E-state index contributed by atoms with van der Waals surface area (Å²) in [5.74, 6) is 0.895. The first-order valence-corrected chi connectivity index (χ1v) is 8.10. The number of nitrogens with one attached hydrogen (secondary N) is 1. The van der Waals surface area contributed by atoms with Gasteiger partial charge in [-0.1, -0.05) is 18.2 Å². The summed E-state index contributed by atoms with van der Waals surface area (Å²) in [6.45, 7) is 3.57. The van der Waals surface area contributed by atoms with Gasteiger partial charge in [0.25, 0.3) is 0 Å². The molecule has 8 heteroatoms. The van der Waals surface area contributed by atoms with E-state index in [-0.39, 0.29) is 0 Å². The van der Waals surface area contributed by atoms with E-state index < -0.39 is 0 Å². The Morgan fingerprint density at radius 1 is 1.08 bits per heavy atom. The summed E-state index contributed by atoms with van der Waals surface area (Å²) in [5, 5.41) is 7.94. The highest BCUT2D eigenvalue weighted by Gasteiger charge is 2.20. The number of nitrogens with zero attached hydrogens (tertiary/aromatic N) is 6.